The molecule has 0 unspecified atom stereocenters. The van der Waals surface area contributed by atoms with Crippen LogP contribution in [0.25, 0.3) is 0 Å². The highest BCUT2D eigenvalue weighted by molar-refractivity contribution is 5.89. The van der Waals surface area contributed by atoms with Gasteiger partial charge in [0.2, 0.25) is 0 Å². The van der Waals surface area contributed by atoms with Crippen LogP contribution in [0.2, 0.25) is 0 Å². The Labute approximate surface area is 211 Å². The molecule has 0 radical (unpaired) electrons. The molecule has 4 nitrogen and oxygen atoms in total. The Morgan fingerprint density at radius 2 is 1.40 bits per heavy atom. The first-order chi connectivity index (χ1) is 17.0. The molecule has 35 heavy (non-hydrogen) atoms. The molecule has 2 saturated carbocycles. The first-order valence-corrected chi connectivity index (χ1v) is 13.9. The molecule has 0 spiro atoms. The van der Waals surface area contributed by atoms with Crippen molar-refractivity contribution in [3.05, 3.63) is 59.2 Å². The second kappa shape index (κ2) is 12.5. The van der Waals surface area contributed by atoms with Gasteiger partial charge in [0.15, 0.2) is 0 Å². The molecular formula is C31H44N2O2. The predicted octanol–water partition coefficient (Wildman–Crippen LogP) is 7.54. The highest BCUT2D eigenvalue weighted by atomic mass is 16.5. The van der Waals surface area contributed by atoms with Crippen LogP contribution in [0.15, 0.2) is 42.5 Å². The van der Waals surface area contributed by atoms with E-state index in [2.05, 4.69) is 6.92 Å². The quantitative estimate of drug-likeness (QED) is 0.222. The zero-order chi connectivity index (χ0) is 24.6. The Morgan fingerprint density at radius 1 is 0.800 bits per heavy atom. The first-order valence-electron chi connectivity index (χ1n) is 13.9. The van der Waals surface area contributed by atoms with Crippen LogP contribution in [-0.4, -0.2) is 12.1 Å². The Morgan fingerprint density at radius 3 is 2.00 bits per heavy atom. The predicted molar refractivity (Wildman–Crippen MR) is 145 cm³/mol. The number of carbonyl (C=O) groups excluding carboxylic acids is 1. The van der Waals surface area contributed by atoms with Gasteiger partial charge >= 0.3 is 5.97 Å². The van der Waals surface area contributed by atoms with Crippen LogP contribution < -0.4 is 11.5 Å². The molecular weight excluding hydrogens is 432 g/mol. The third-order valence-electron chi connectivity index (χ3n) is 8.40. The van der Waals surface area contributed by atoms with E-state index < -0.39 is 0 Å². The Hall–Kier alpha value is -2.49. The summed E-state index contributed by atoms with van der Waals surface area (Å²) in [6.45, 7) is 2.29. The van der Waals surface area contributed by atoms with E-state index in [0.717, 1.165) is 48.1 Å². The standard InChI is InChI=1S/C31H44N2O2/c1-2-3-4-5-22-6-10-25(11-7-22)26-14-16-30(17-15-26)35-31(34)27-12-8-23(9-13-27)18-24-19-28(32)21-29(33)20-24/h8-9,12-13,19-22,25-26,30H,2-7,10-11,14-18,32-33H2,1H3. The van der Waals surface area contributed by atoms with Crippen LogP contribution in [0.4, 0.5) is 11.4 Å². The van der Waals surface area contributed by atoms with Crippen molar-refractivity contribution in [2.75, 3.05) is 11.5 Å². The lowest BCUT2D eigenvalue weighted by Crippen LogP contribution is -2.29. The fourth-order valence-corrected chi connectivity index (χ4v) is 6.37. The molecule has 0 saturated heterocycles. The fourth-order valence-electron chi connectivity index (χ4n) is 6.37. The minimum absolute atomic E-state index is 0.0686. The largest absolute Gasteiger partial charge is 0.459 e. The number of anilines is 2. The number of hydrogen-bond donors (Lipinski definition) is 2. The molecule has 2 fully saturated rings. The van der Waals surface area contributed by atoms with Crippen LogP contribution in [0.1, 0.15) is 105 Å². The molecule has 2 aromatic carbocycles. The van der Waals surface area contributed by atoms with Crippen molar-refractivity contribution in [1.82, 2.24) is 0 Å². The summed E-state index contributed by atoms with van der Waals surface area (Å²) < 4.78 is 5.90. The van der Waals surface area contributed by atoms with Gasteiger partial charge in [-0.15, -0.1) is 0 Å². The number of nitrogens with two attached hydrogens (primary N) is 2. The smallest absolute Gasteiger partial charge is 0.338 e. The highest BCUT2D eigenvalue weighted by Gasteiger charge is 2.32. The number of esters is 1. The summed E-state index contributed by atoms with van der Waals surface area (Å²) in [7, 11) is 0. The third-order valence-corrected chi connectivity index (χ3v) is 8.40. The van der Waals surface area contributed by atoms with Gasteiger partial charge in [0.1, 0.15) is 6.10 Å². The zero-order valence-electron chi connectivity index (χ0n) is 21.5. The van der Waals surface area contributed by atoms with Gasteiger partial charge in [0.05, 0.1) is 5.56 Å². The van der Waals surface area contributed by atoms with Crippen LogP contribution >= 0.6 is 0 Å². The molecule has 4 heteroatoms. The van der Waals surface area contributed by atoms with E-state index in [1.165, 1.54) is 64.2 Å². The monoisotopic (exact) mass is 476 g/mol. The molecule has 4 rings (SSSR count). The fraction of sp³-hybridized carbons (Fsp3) is 0.581. The molecule has 0 aliphatic heterocycles. The van der Waals surface area contributed by atoms with Crippen LogP contribution in [0, 0.1) is 17.8 Å². The number of benzene rings is 2. The topological polar surface area (TPSA) is 78.3 Å². The van der Waals surface area contributed by atoms with E-state index in [9.17, 15) is 4.79 Å². The molecule has 2 aliphatic rings. The van der Waals surface area contributed by atoms with Gasteiger partial charge in [-0.05, 0) is 104 Å². The van der Waals surface area contributed by atoms with Crippen LogP contribution in [0.5, 0.6) is 0 Å². The van der Waals surface area contributed by atoms with Gasteiger partial charge in [0.25, 0.3) is 0 Å². The lowest BCUT2D eigenvalue weighted by atomic mass is 9.70. The SMILES string of the molecule is CCCCCC1CCC(C2CCC(OC(=O)c3ccc(Cc4cc(N)cc(N)c4)cc3)CC2)CC1. The van der Waals surface area contributed by atoms with Gasteiger partial charge in [0, 0.05) is 11.4 Å². The second-order valence-electron chi connectivity index (χ2n) is 11.1. The van der Waals surface area contributed by atoms with Crippen LogP contribution in [-0.2, 0) is 11.2 Å². The van der Waals surface area contributed by atoms with E-state index in [4.69, 9.17) is 16.2 Å². The maximum absolute atomic E-state index is 12.7. The highest BCUT2D eigenvalue weighted by Crippen LogP contribution is 2.41. The minimum atomic E-state index is -0.194. The van der Waals surface area contributed by atoms with Crippen LogP contribution in [0.3, 0.4) is 0 Å². The molecule has 0 amide bonds. The number of unbranched alkanes of at least 4 members (excludes halogenated alkanes) is 2. The third kappa shape index (κ3) is 7.49. The Bertz CT molecular complexity index is 919. The van der Waals surface area contributed by atoms with Crippen molar-refractivity contribution >= 4 is 17.3 Å². The number of nitrogen functional groups attached to an aromatic ring is 2. The summed E-state index contributed by atoms with van der Waals surface area (Å²) in [5, 5.41) is 0. The van der Waals surface area contributed by atoms with E-state index in [1.54, 1.807) is 6.07 Å². The summed E-state index contributed by atoms with van der Waals surface area (Å²) in [4.78, 5) is 12.7. The van der Waals surface area contributed by atoms with Crippen molar-refractivity contribution in [2.24, 2.45) is 17.8 Å². The summed E-state index contributed by atoms with van der Waals surface area (Å²) >= 11 is 0. The lowest BCUT2D eigenvalue weighted by molar-refractivity contribution is 0.0109. The number of ether oxygens (including phenoxy) is 1. The van der Waals surface area contributed by atoms with E-state index in [1.807, 2.05) is 36.4 Å². The van der Waals surface area contributed by atoms with Gasteiger partial charge < -0.3 is 16.2 Å². The molecule has 190 valence electrons. The van der Waals surface area contributed by atoms with Crippen molar-refractivity contribution in [3.8, 4) is 0 Å². The Kier molecular flexibility index (Phi) is 9.12. The van der Waals surface area contributed by atoms with E-state index >= 15 is 0 Å². The lowest BCUT2D eigenvalue weighted by Gasteiger charge is -2.37. The van der Waals surface area contributed by atoms with Crippen molar-refractivity contribution in [2.45, 2.75) is 96.5 Å². The first kappa shape index (κ1) is 25.6. The number of carbonyl (C=O) groups is 1. The molecule has 2 aliphatic carbocycles. The van der Waals surface area contributed by atoms with Gasteiger partial charge in [-0.2, -0.15) is 0 Å². The molecule has 0 bridgehead atoms. The summed E-state index contributed by atoms with van der Waals surface area (Å²) in [5.41, 5.74) is 16.0. The average Bonchev–Trinajstić information content (AvgIpc) is 2.85. The molecule has 0 aromatic heterocycles. The maximum Gasteiger partial charge on any atom is 0.338 e. The summed E-state index contributed by atoms with van der Waals surface area (Å²) in [5.74, 6) is 2.52. The van der Waals surface area contributed by atoms with Crippen molar-refractivity contribution < 1.29 is 9.53 Å². The molecule has 2 aromatic rings. The maximum atomic E-state index is 12.7. The Balaban J connectivity index is 1.19. The molecule has 0 atom stereocenters. The minimum Gasteiger partial charge on any atom is -0.459 e. The van der Waals surface area contributed by atoms with E-state index in [0.29, 0.717) is 16.9 Å². The van der Waals surface area contributed by atoms with Gasteiger partial charge in [-0.25, -0.2) is 4.79 Å². The molecule has 4 N–H and O–H groups in total. The summed E-state index contributed by atoms with van der Waals surface area (Å²) in [6, 6.07) is 13.4. The van der Waals surface area contributed by atoms with E-state index in [-0.39, 0.29) is 12.1 Å². The zero-order valence-corrected chi connectivity index (χ0v) is 21.5. The van der Waals surface area contributed by atoms with Gasteiger partial charge in [-0.1, -0.05) is 57.6 Å². The van der Waals surface area contributed by atoms with Gasteiger partial charge in [-0.3, -0.25) is 0 Å². The number of hydrogen-bond acceptors (Lipinski definition) is 4. The number of rotatable bonds is 9. The van der Waals surface area contributed by atoms with Crippen molar-refractivity contribution in [1.29, 1.82) is 0 Å². The summed E-state index contributed by atoms with van der Waals surface area (Å²) in [6.07, 6.45) is 16.5. The van der Waals surface area contributed by atoms with Crippen molar-refractivity contribution in [3.63, 3.8) is 0 Å². The molecule has 0 heterocycles. The second-order valence-corrected chi connectivity index (χ2v) is 11.1. The normalized spacial score (nSPS) is 24.7. The average molecular weight is 477 g/mol.